The largest absolute Gasteiger partial charge is 0.394 e. The van der Waals surface area contributed by atoms with Crippen LogP contribution in [0.5, 0.6) is 0 Å². The summed E-state index contributed by atoms with van der Waals surface area (Å²) in [5.41, 5.74) is 0. The Balaban J connectivity index is 2.39. The van der Waals surface area contributed by atoms with Crippen molar-refractivity contribution in [3.8, 4) is 0 Å². The molecule has 6 heteroatoms. The summed E-state index contributed by atoms with van der Waals surface area (Å²) in [6, 6.07) is -0.629. The Labute approximate surface area is 101 Å². The number of hydrogen-bond acceptors (Lipinski definition) is 4. The molecule has 98 valence electrons. The minimum absolute atomic E-state index is 0.0665. The number of amides is 2. The van der Waals surface area contributed by atoms with Crippen LogP contribution in [-0.2, 0) is 9.59 Å². The predicted molar refractivity (Wildman–Crippen MR) is 63.3 cm³/mol. The van der Waals surface area contributed by atoms with Gasteiger partial charge in [-0.3, -0.25) is 14.9 Å². The summed E-state index contributed by atoms with van der Waals surface area (Å²) in [5.74, 6) is 0.131. The lowest BCUT2D eigenvalue weighted by atomic mass is 10.0. The number of piperazine rings is 1. The van der Waals surface area contributed by atoms with Crippen molar-refractivity contribution in [2.75, 3.05) is 19.7 Å². The van der Waals surface area contributed by atoms with Crippen LogP contribution < -0.4 is 16.0 Å². The summed E-state index contributed by atoms with van der Waals surface area (Å²) in [5, 5.41) is 17.4. The van der Waals surface area contributed by atoms with Gasteiger partial charge < -0.3 is 15.7 Å². The van der Waals surface area contributed by atoms with Gasteiger partial charge in [-0.1, -0.05) is 13.8 Å². The molecule has 0 saturated carbocycles. The zero-order chi connectivity index (χ0) is 12.8. The molecule has 1 fully saturated rings. The molecule has 1 aliphatic heterocycles. The van der Waals surface area contributed by atoms with Crippen LogP contribution in [0.2, 0.25) is 0 Å². The molecule has 17 heavy (non-hydrogen) atoms. The predicted octanol–water partition coefficient (Wildman–Crippen LogP) is -1.40. The lowest BCUT2D eigenvalue weighted by molar-refractivity contribution is -0.127. The highest BCUT2D eigenvalue weighted by Crippen LogP contribution is 2.04. The Hall–Kier alpha value is -1.14. The normalized spacial score (nSPS) is 22.1. The van der Waals surface area contributed by atoms with E-state index in [0.29, 0.717) is 12.5 Å². The number of aliphatic hydroxyl groups is 1. The second-order valence-corrected chi connectivity index (χ2v) is 4.76. The highest BCUT2D eigenvalue weighted by molar-refractivity contribution is 5.86. The second-order valence-electron chi connectivity index (χ2n) is 4.76. The zero-order valence-electron chi connectivity index (χ0n) is 10.3. The molecule has 2 atom stereocenters. The molecule has 2 unspecified atom stereocenters. The van der Waals surface area contributed by atoms with Crippen LogP contribution in [0.1, 0.15) is 20.3 Å². The zero-order valence-corrected chi connectivity index (χ0v) is 10.3. The molecule has 0 aromatic heterocycles. The first-order chi connectivity index (χ1) is 8.02. The highest BCUT2D eigenvalue weighted by Gasteiger charge is 2.25. The van der Waals surface area contributed by atoms with Gasteiger partial charge in [0.1, 0.15) is 6.04 Å². The molecule has 1 saturated heterocycles. The number of aliphatic hydroxyl groups excluding tert-OH is 1. The minimum Gasteiger partial charge on any atom is -0.394 e. The van der Waals surface area contributed by atoms with E-state index in [9.17, 15) is 9.59 Å². The standard InChI is InChI=1S/C11H21N3O3/c1-7(2)3-8(6-15)14-11(17)9-4-13-10(16)5-12-9/h7-9,12,15H,3-6H2,1-2H3,(H,13,16)(H,14,17). The van der Waals surface area contributed by atoms with Crippen molar-refractivity contribution >= 4 is 11.8 Å². The molecule has 0 radical (unpaired) electrons. The Morgan fingerprint density at radius 1 is 1.59 bits per heavy atom. The summed E-state index contributed by atoms with van der Waals surface area (Å²) in [4.78, 5) is 22.7. The molecular formula is C11H21N3O3. The number of rotatable bonds is 5. The maximum absolute atomic E-state index is 11.8. The smallest absolute Gasteiger partial charge is 0.239 e. The van der Waals surface area contributed by atoms with Crippen LogP contribution in [0.3, 0.4) is 0 Å². The van der Waals surface area contributed by atoms with Crippen LogP contribution in [0.25, 0.3) is 0 Å². The van der Waals surface area contributed by atoms with E-state index in [1.807, 2.05) is 13.8 Å². The lowest BCUT2D eigenvalue weighted by Gasteiger charge is -2.26. The van der Waals surface area contributed by atoms with Crippen molar-refractivity contribution in [1.82, 2.24) is 16.0 Å². The fraction of sp³-hybridized carbons (Fsp3) is 0.818. The van der Waals surface area contributed by atoms with Gasteiger partial charge in [-0.25, -0.2) is 0 Å². The molecule has 2 amide bonds. The molecule has 0 aliphatic carbocycles. The SMILES string of the molecule is CC(C)CC(CO)NC(=O)C1CNC(=O)CN1. The van der Waals surface area contributed by atoms with E-state index in [0.717, 1.165) is 6.42 Å². The van der Waals surface area contributed by atoms with Crippen molar-refractivity contribution in [3.63, 3.8) is 0 Å². The van der Waals surface area contributed by atoms with Crippen molar-refractivity contribution in [1.29, 1.82) is 0 Å². The van der Waals surface area contributed by atoms with Crippen LogP contribution in [-0.4, -0.2) is 48.7 Å². The number of carbonyl (C=O) groups is 2. The van der Waals surface area contributed by atoms with E-state index in [4.69, 9.17) is 5.11 Å². The second kappa shape index (κ2) is 6.56. The van der Waals surface area contributed by atoms with Crippen molar-refractivity contribution < 1.29 is 14.7 Å². The van der Waals surface area contributed by atoms with Crippen LogP contribution in [0.4, 0.5) is 0 Å². The molecule has 6 nitrogen and oxygen atoms in total. The van der Waals surface area contributed by atoms with Crippen molar-refractivity contribution in [3.05, 3.63) is 0 Å². The first kappa shape index (κ1) is 13.9. The summed E-state index contributed by atoms with van der Waals surface area (Å²) in [6.45, 7) is 4.46. The summed E-state index contributed by atoms with van der Waals surface area (Å²) >= 11 is 0. The van der Waals surface area contributed by atoms with E-state index in [-0.39, 0.29) is 31.0 Å². The van der Waals surface area contributed by atoms with E-state index in [1.54, 1.807) is 0 Å². The van der Waals surface area contributed by atoms with Crippen LogP contribution >= 0.6 is 0 Å². The number of carbonyl (C=O) groups excluding carboxylic acids is 2. The molecule has 1 aliphatic rings. The van der Waals surface area contributed by atoms with E-state index < -0.39 is 6.04 Å². The first-order valence-electron chi connectivity index (χ1n) is 5.94. The highest BCUT2D eigenvalue weighted by atomic mass is 16.3. The number of nitrogens with one attached hydrogen (secondary N) is 3. The fourth-order valence-electron chi connectivity index (χ4n) is 1.80. The molecule has 1 heterocycles. The van der Waals surface area contributed by atoms with Crippen molar-refractivity contribution in [2.45, 2.75) is 32.4 Å². The van der Waals surface area contributed by atoms with Gasteiger partial charge in [0.25, 0.3) is 0 Å². The van der Waals surface area contributed by atoms with E-state index in [2.05, 4.69) is 16.0 Å². The van der Waals surface area contributed by atoms with Crippen molar-refractivity contribution in [2.24, 2.45) is 5.92 Å². The topological polar surface area (TPSA) is 90.5 Å². The summed E-state index contributed by atoms with van der Waals surface area (Å²) in [6.07, 6.45) is 0.737. The Morgan fingerprint density at radius 2 is 2.29 bits per heavy atom. The Kier molecular flexibility index (Phi) is 5.37. The molecule has 0 spiro atoms. The third-order valence-corrected chi connectivity index (χ3v) is 2.65. The molecule has 0 aromatic rings. The Bertz CT molecular complexity index is 271. The van der Waals surface area contributed by atoms with Gasteiger partial charge in [0, 0.05) is 6.54 Å². The summed E-state index contributed by atoms with van der Waals surface area (Å²) in [7, 11) is 0. The van der Waals surface area contributed by atoms with Gasteiger partial charge in [0.15, 0.2) is 0 Å². The lowest BCUT2D eigenvalue weighted by Crippen LogP contribution is -2.59. The minimum atomic E-state index is -0.408. The van der Waals surface area contributed by atoms with Gasteiger partial charge in [-0.2, -0.15) is 0 Å². The molecule has 0 aromatic carbocycles. The number of hydrogen-bond donors (Lipinski definition) is 4. The molecular weight excluding hydrogens is 222 g/mol. The molecule has 1 rings (SSSR count). The maximum Gasteiger partial charge on any atom is 0.239 e. The fourth-order valence-corrected chi connectivity index (χ4v) is 1.80. The van der Waals surface area contributed by atoms with Gasteiger partial charge in [-0.05, 0) is 12.3 Å². The molecule has 4 N–H and O–H groups in total. The summed E-state index contributed by atoms with van der Waals surface area (Å²) < 4.78 is 0. The average molecular weight is 243 g/mol. The van der Waals surface area contributed by atoms with Gasteiger partial charge in [-0.15, -0.1) is 0 Å². The van der Waals surface area contributed by atoms with Gasteiger partial charge >= 0.3 is 0 Å². The van der Waals surface area contributed by atoms with Gasteiger partial charge in [0.05, 0.1) is 19.2 Å². The van der Waals surface area contributed by atoms with E-state index in [1.165, 1.54) is 0 Å². The third kappa shape index (κ3) is 4.70. The first-order valence-corrected chi connectivity index (χ1v) is 5.94. The third-order valence-electron chi connectivity index (χ3n) is 2.65. The van der Waals surface area contributed by atoms with Crippen LogP contribution in [0, 0.1) is 5.92 Å². The van der Waals surface area contributed by atoms with E-state index >= 15 is 0 Å². The monoisotopic (exact) mass is 243 g/mol. The Morgan fingerprint density at radius 3 is 2.76 bits per heavy atom. The van der Waals surface area contributed by atoms with Crippen LogP contribution in [0.15, 0.2) is 0 Å². The quantitative estimate of drug-likeness (QED) is 0.478. The molecule has 0 bridgehead atoms. The van der Waals surface area contributed by atoms with Gasteiger partial charge in [0.2, 0.25) is 11.8 Å². The average Bonchev–Trinajstić information content (AvgIpc) is 2.28. The maximum atomic E-state index is 11.8.